The molecule has 0 amide bonds. The summed E-state index contributed by atoms with van der Waals surface area (Å²) in [5.41, 5.74) is 0.729. The second-order valence-corrected chi connectivity index (χ2v) is 4.52. The highest BCUT2D eigenvalue weighted by Gasteiger charge is 2.03. The molecule has 1 aromatic carbocycles. The van der Waals surface area contributed by atoms with Crippen molar-refractivity contribution in [2.75, 3.05) is 0 Å². The van der Waals surface area contributed by atoms with E-state index in [1.54, 1.807) is 12.1 Å². The van der Waals surface area contributed by atoms with Gasteiger partial charge in [0.05, 0.1) is 9.50 Å². The number of carbonyl (C=O) groups is 1. The minimum Gasteiger partial charge on any atom is -0.478 e. The number of rotatable bonds is 2. The van der Waals surface area contributed by atoms with Gasteiger partial charge in [-0.3, -0.25) is 0 Å². The zero-order valence-electron chi connectivity index (χ0n) is 6.80. The minimum absolute atomic E-state index is 0.532. The Morgan fingerprint density at radius 3 is 2.57 bits per heavy atom. The first kappa shape index (κ1) is 11.8. The van der Waals surface area contributed by atoms with Gasteiger partial charge < -0.3 is 5.11 Å². The van der Waals surface area contributed by atoms with Gasteiger partial charge in [0.25, 0.3) is 0 Å². The lowest BCUT2D eigenvalue weighted by Gasteiger charge is -2.01. The molecule has 0 heterocycles. The summed E-state index contributed by atoms with van der Waals surface area (Å²) in [5, 5.41) is 8.96. The topological polar surface area (TPSA) is 37.3 Å². The van der Waals surface area contributed by atoms with Gasteiger partial charge in [-0.2, -0.15) is 0 Å². The Morgan fingerprint density at radius 2 is 2.07 bits per heavy atom. The van der Waals surface area contributed by atoms with Gasteiger partial charge >= 0.3 is 5.97 Å². The van der Waals surface area contributed by atoms with Crippen LogP contribution >= 0.6 is 43.5 Å². The van der Waals surface area contributed by atoms with E-state index < -0.39 is 5.97 Å². The van der Waals surface area contributed by atoms with Crippen LogP contribution in [0.1, 0.15) is 5.56 Å². The molecule has 0 saturated carbocycles. The molecule has 0 aliphatic heterocycles. The quantitative estimate of drug-likeness (QED) is 0.653. The van der Waals surface area contributed by atoms with Gasteiger partial charge in [-0.15, -0.1) is 0 Å². The molecule has 74 valence electrons. The van der Waals surface area contributed by atoms with Crippen LogP contribution in [0.3, 0.4) is 0 Å². The van der Waals surface area contributed by atoms with E-state index in [0.717, 1.165) is 20.6 Å². The fourth-order valence-electron chi connectivity index (χ4n) is 0.839. The SMILES string of the molecule is O=C(O)/C=C/c1cc(Cl)c(Br)c(Br)c1. The first-order chi connectivity index (χ1) is 6.50. The highest BCUT2D eigenvalue weighted by molar-refractivity contribution is 9.13. The van der Waals surface area contributed by atoms with Crippen molar-refractivity contribution in [3.8, 4) is 0 Å². The standard InChI is InChI=1S/C9H5Br2ClO2/c10-6-3-5(1-2-8(13)14)4-7(12)9(6)11/h1-4H,(H,13,14)/b2-1+. The van der Waals surface area contributed by atoms with E-state index in [1.165, 1.54) is 6.08 Å². The molecule has 0 atom stereocenters. The summed E-state index contributed by atoms with van der Waals surface area (Å²) >= 11 is 12.4. The van der Waals surface area contributed by atoms with Gasteiger partial charge in [0.2, 0.25) is 0 Å². The maximum atomic E-state index is 10.3. The molecule has 0 aliphatic carbocycles. The molecule has 2 nitrogen and oxygen atoms in total. The van der Waals surface area contributed by atoms with Crippen LogP contribution in [0.4, 0.5) is 0 Å². The Morgan fingerprint density at radius 1 is 1.43 bits per heavy atom. The molecular weight excluding hydrogens is 335 g/mol. The van der Waals surface area contributed by atoms with Crippen LogP contribution in [0.15, 0.2) is 27.2 Å². The number of benzene rings is 1. The van der Waals surface area contributed by atoms with Gasteiger partial charge in [0.15, 0.2) is 0 Å². The van der Waals surface area contributed by atoms with Gasteiger partial charge in [0, 0.05) is 10.5 Å². The van der Waals surface area contributed by atoms with Crippen LogP contribution in [0.25, 0.3) is 6.08 Å². The third-order valence-corrected chi connectivity index (χ3v) is 3.96. The predicted octanol–water partition coefficient (Wildman–Crippen LogP) is 3.96. The zero-order chi connectivity index (χ0) is 10.7. The molecule has 0 radical (unpaired) electrons. The van der Waals surface area contributed by atoms with Crippen LogP contribution in [0.2, 0.25) is 5.02 Å². The van der Waals surface area contributed by atoms with Crippen molar-refractivity contribution in [3.63, 3.8) is 0 Å². The summed E-state index contributed by atoms with van der Waals surface area (Å²) in [4.78, 5) is 10.3. The second-order valence-electron chi connectivity index (χ2n) is 2.47. The molecule has 5 heteroatoms. The smallest absolute Gasteiger partial charge is 0.328 e. The van der Waals surface area contributed by atoms with Gasteiger partial charge in [0.1, 0.15) is 0 Å². The lowest BCUT2D eigenvalue weighted by molar-refractivity contribution is -0.131. The molecule has 0 unspecified atom stereocenters. The summed E-state index contributed by atoms with van der Waals surface area (Å²) < 4.78 is 1.54. The average molecular weight is 340 g/mol. The summed E-state index contributed by atoms with van der Waals surface area (Å²) in [6.07, 6.45) is 2.54. The van der Waals surface area contributed by atoms with Crippen LogP contribution in [-0.2, 0) is 4.79 Å². The Labute approximate surface area is 103 Å². The van der Waals surface area contributed by atoms with Crippen LogP contribution in [-0.4, -0.2) is 11.1 Å². The number of hydrogen-bond donors (Lipinski definition) is 1. The summed E-state index contributed by atoms with van der Waals surface area (Å²) in [6.45, 7) is 0. The summed E-state index contributed by atoms with van der Waals surface area (Å²) in [5.74, 6) is -0.986. The number of hydrogen-bond acceptors (Lipinski definition) is 1. The molecular formula is C9H5Br2ClO2. The number of halogens is 3. The van der Waals surface area contributed by atoms with Crippen molar-refractivity contribution in [1.29, 1.82) is 0 Å². The van der Waals surface area contributed by atoms with Crippen molar-refractivity contribution >= 4 is 55.5 Å². The average Bonchev–Trinajstić information content (AvgIpc) is 2.10. The maximum absolute atomic E-state index is 10.3. The van der Waals surface area contributed by atoms with Crippen molar-refractivity contribution in [2.45, 2.75) is 0 Å². The molecule has 0 fully saturated rings. The third kappa shape index (κ3) is 3.12. The molecule has 0 aliphatic rings. The zero-order valence-corrected chi connectivity index (χ0v) is 10.7. The molecule has 1 rings (SSSR count). The van der Waals surface area contributed by atoms with E-state index in [4.69, 9.17) is 16.7 Å². The Hall–Kier alpha value is -0.320. The van der Waals surface area contributed by atoms with Crippen molar-refractivity contribution < 1.29 is 9.90 Å². The van der Waals surface area contributed by atoms with E-state index in [9.17, 15) is 4.79 Å². The van der Waals surface area contributed by atoms with E-state index in [0.29, 0.717) is 5.02 Å². The van der Waals surface area contributed by atoms with E-state index in [2.05, 4.69) is 31.9 Å². The van der Waals surface area contributed by atoms with Gasteiger partial charge in [-0.1, -0.05) is 11.6 Å². The van der Waals surface area contributed by atoms with Crippen molar-refractivity contribution in [2.24, 2.45) is 0 Å². The molecule has 0 saturated heterocycles. The highest BCUT2D eigenvalue weighted by Crippen LogP contribution is 2.32. The minimum atomic E-state index is -0.986. The maximum Gasteiger partial charge on any atom is 0.328 e. The van der Waals surface area contributed by atoms with E-state index >= 15 is 0 Å². The summed E-state index contributed by atoms with van der Waals surface area (Å²) in [7, 11) is 0. The lowest BCUT2D eigenvalue weighted by atomic mass is 10.2. The Kier molecular flexibility index (Phi) is 4.16. The lowest BCUT2D eigenvalue weighted by Crippen LogP contribution is -1.86. The van der Waals surface area contributed by atoms with Gasteiger partial charge in [-0.25, -0.2) is 4.79 Å². The normalized spacial score (nSPS) is 10.8. The Balaban J connectivity index is 3.07. The number of aliphatic carboxylic acids is 1. The van der Waals surface area contributed by atoms with Crippen LogP contribution < -0.4 is 0 Å². The first-order valence-electron chi connectivity index (χ1n) is 3.56. The first-order valence-corrected chi connectivity index (χ1v) is 5.52. The van der Waals surface area contributed by atoms with E-state index in [-0.39, 0.29) is 0 Å². The fourth-order valence-corrected chi connectivity index (χ4v) is 1.89. The Bertz CT molecular complexity index is 379. The van der Waals surface area contributed by atoms with Crippen LogP contribution in [0, 0.1) is 0 Å². The second kappa shape index (κ2) is 4.96. The van der Waals surface area contributed by atoms with Crippen molar-refractivity contribution in [3.05, 3.63) is 37.7 Å². The molecule has 0 aromatic heterocycles. The fraction of sp³-hybridized carbons (Fsp3) is 0. The summed E-state index contributed by atoms with van der Waals surface area (Å²) in [6, 6.07) is 3.45. The molecule has 1 N–H and O–H groups in total. The third-order valence-electron chi connectivity index (χ3n) is 1.42. The molecule has 14 heavy (non-hydrogen) atoms. The van der Waals surface area contributed by atoms with Gasteiger partial charge in [-0.05, 0) is 55.6 Å². The molecule has 1 aromatic rings. The number of carboxylic acids is 1. The van der Waals surface area contributed by atoms with E-state index in [1.807, 2.05) is 0 Å². The predicted molar refractivity (Wildman–Crippen MR) is 63.5 cm³/mol. The highest BCUT2D eigenvalue weighted by atomic mass is 79.9. The largest absolute Gasteiger partial charge is 0.478 e. The molecule has 0 bridgehead atoms. The van der Waals surface area contributed by atoms with Crippen LogP contribution in [0.5, 0.6) is 0 Å². The van der Waals surface area contributed by atoms with Crippen molar-refractivity contribution in [1.82, 2.24) is 0 Å². The number of carboxylic acid groups (broad SMARTS) is 1. The monoisotopic (exact) mass is 338 g/mol. The molecule has 0 spiro atoms.